The lowest BCUT2D eigenvalue weighted by Crippen LogP contribution is -2.06. The highest BCUT2D eigenvalue weighted by atomic mass is 19.1. The van der Waals surface area contributed by atoms with Gasteiger partial charge >= 0.3 is 0 Å². The van der Waals surface area contributed by atoms with E-state index >= 15 is 0 Å². The number of halogens is 1. The van der Waals surface area contributed by atoms with Gasteiger partial charge < -0.3 is 9.72 Å². The Bertz CT molecular complexity index is 536. The molecule has 0 radical (unpaired) electrons. The van der Waals surface area contributed by atoms with Crippen LogP contribution in [-0.4, -0.2) is 17.1 Å². The Kier molecular flexibility index (Phi) is 1.92. The molecular weight excluding hydrogens is 187 g/mol. The summed E-state index contributed by atoms with van der Waals surface area (Å²) in [6.07, 6.45) is 1.10. The molecule has 2 rings (SSSR count). The van der Waals surface area contributed by atoms with Gasteiger partial charge in [-0.25, -0.2) is 9.37 Å². The summed E-state index contributed by atoms with van der Waals surface area (Å²) in [5.74, 6) is -0.181. The molecule has 1 aromatic carbocycles. The molecule has 4 nitrogen and oxygen atoms in total. The van der Waals surface area contributed by atoms with Crippen LogP contribution in [0, 0.1) is 5.82 Å². The summed E-state index contributed by atoms with van der Waals surface area (Å²) < 4.78 is 18.2. The predicted octanol–water partition coefficient (Wildman–Crippen LogP) is 1.07. The fraction of sp³-hybridized carbons (Fsp3) is 0.111. The molecule has 0 saturated carbocycles. The molecule has 0 fully saturated rings. The quantitative estimate of drug-likeness (QED) is 0.738. The Morgan fingerprint density at radius 3 is 3.00 bits per heavy atom. The lowest BCUT2D eigenvalue weighted by Gasteiger charge is -2.02. The van der Waals surface area contributed by atoms with Crippen molar-refractivity contribution in [2.45, 2.75) is 0 Å². The first-order chi connectivity index (χ1) is 6.70. The van der Waals surface area contributed by atoms with Crippen molar-refractivity contribution < 1.29 is 9.13 Å². The van der Waals surface area contributed by atoms with E-state index in [0.29, 0.717) is 11.3 Å². The molecule has 1 N–H and O–H groups in total. The summed E-state index contributed by atoms with van der Waals surface area (Å²) >= 11 is 0. The molecule has 1 aromatic heterocycles. The molecule has 0 aliphatic carbocycles. The fourth-order valence-electron chi connectivity index (χ4n) is 1.20. The van der Waals surface area contributed by atoms with Crippen LogP contribution >= 0.6 is 0 Å². The average molecular weight is 194 g/mol. The predicted molar refractivity (Wildman–Crippen MR) is 48.9 cm³/mol. The van der Waals surface area contributed by atoms with Gasteiger partial charge in [-0.05, 0) is 0 Å². The molecule has 14 heavy (non-hydrogen) atoms. The van der Waals surface area contributed by atoms with Gasteiger partial charge in [-0.15, -0.1) is 0 Å². The lowest BCUT2D eigenvalue weighted by atomic mass is 10.2. The zero-order valence-electron chi connectivity index (χ0n) is 7.37. The molecule has 5 heteroatoms. The number of aromatic amines is 1. The molecule has 0 bridgehead atoms. The monoisotopic (exact) mass is 194 g/mol. The van der Waals surface area contributed by atoms with Gasteiger partial charge in [0.1, 0.15) is 11.3 Å². The molecule has 0 unspecified atom stereocenters. The third-order valence-corrected chi connectivity index (χ3v) is 1.85. The number of aromatic nitrogens is 2. The molecule has 0 spiro atoms. The van der Waals surface area contributed by atoms with Crippen molar-refractivity contribution in [2.75, 3.05) is 7.11 Å². The SMILES string of the molecule is COc1cc(F)c2[nH]c(=O)cnc2c1. The summed E-state index contributed by atoms with van der Waals surface area (Å²) in [6, 6.07) is 2.74. The highest BCUT2D eigenvalue weighted by Gasteiger charge is 2.05. The van der Waals surface area contributed by atoms with Crippen molar-refractivity contribution in [3.63, 3.8) is 0 Å². The highest BCUT2D eigenvalue weighted by Crippen LogP contribution is 2.19. The number of benzene rings is 1. The first-order valence-corrected chi connectivity index (χ1v) is 3.93. The van der Waals surface area contributed by atoms with Crippen LogP contribution in [0.1, 0.15) is 0 Å². The van der Waals surface area contributed by atoms with Gasteiger partial charge in [-0.3, -0.25) is 4.79 Å². The second-order valence-electron chi connectivity index (χ2n) is 2.75. The average Bonchev–Trinajstić information content (AvgIpc) is 2.19. The van der Waals surface area contributed by atoms with E-state index in [1.165, 1.54) is 13.2 Å². The Morgan fingerprint density at radius 2 is 2.29 bits per heavy atom. The van der Waals surface area contributed by atoms with Crippen LogP contribution in [0.25, 0.3) is 11.0 Å². The fourth-order valence-corrected chi connectivity index (χ4v) is 1.20. The summed E-state index contributed by atoms with van der Waals surface area (Å²) in [5, 5.41) is 0. The van der Waals surface area contributed by atoms with Crippen LogP contribution < -0.4 is 10.3 Å². The van der Waals surface area contributed by atoms with E-state index in [9.17, 15) is 9.18 Å². The summed E-state index contributed by atoms with van der Waals surface area (Å²) in [5.41, 5.74) is 0.0290. The van der Waals surface area contributed by atoms with Gasteiger partial charge in [0.25, 0.3) is 5.56 Å². The largest absolute Gasteiger partial charge is 0.497 e. The number of nitrogens with zero attached hydrogens (tertiary/aromatic N) is 1. The van der Waals surface area contributed by atoms with Crippen molar-refractivity contribution in [3.05, 3.63) is 34.5 Å². The van der Waals surface area contributed by atoms with E-state index < -0.39 is 11.4 Å². The number of ether oxygens (including phenoxy) is 1. The van der Waals surface area contributed by atoms with E-state index in [0.717, 1.165) is 6.20 Å². The maximum Gasteiger partial charge on any atom is 0.266 e. The van der Waals surface area contributed by atoms with E-state index in [-0.39, 0.29) is 5.52 Å². The normalized spacial score (nSPS) is 10.4. The number of methoxy groups -OCH3 is 1. The molecule has 0 saturated heterocycles. The first kappa shape index (κ1) is 8.68. The summed E-state index contributed by atoms with van der Waals surface area (Å²) in [6.45, 7) is 0. The summed E-state index contributed by atoms with van der Waals surface area (Å²) in [4.78, 5) is 17.0. The minimum atomic E-state index is -0.551. The van der Waals surface area contributed by atoms with Gasteiger partial charge in [-0.1, -0.05) is 0 Å². The molecule has 0 aliphatic heterocycles. The Morgan fingerprint density at radius 1 is 1.50 bits per heavy atom. The molecule has 0 atom stereocenters. The van der Waals surface area contributed by atoms with Crippen molar-refractivity contribution in [1.29, 1.82) is 0 Å². The van der Waals surface area contributed by atoms with Gasteiger partial charge in [-0.2, -0.15) is 0 Å². The lowest BCUT2D eigenvalue weighted by molar-refractivity contribution is 0.412. The number of H-pyrrole nitrogens is 1. The van der Waals surface area contributed by atoms with Gasteiger partial charge in [0, 0.05) is 12.1 Å². The van der Waals surface area contributed by atoms with E-state index in [1.54, 1.807) is 6.07 Å². The molecule has 0 aliphatic rings. The zero-order chi connectivity index (χ0) is 10.1. The second kappa shape index (κ2) is 3.10. The molecule has 0 amide bonds. The number of nitrogens with one attached hydrogen (secondary N) is 1. The maximum atomic E-state index is 13.3. The molecule has 2 aromatic rings. The minimum absolute atomic E-state index is 0.0956. The van der Waals surface area contributed by atoms with Crippen LogP contribution in [-0.2, 0) is 0 Å². The number of rotatable bonds is 1. The standard InChI is InChI=1S/C9H7FN2O2/c1-14-5-2-6(10)9-7(3-5)11-4-8(13)12-9/h2-4H,1H3,(H,12,13). The number of fused-ring (bicyclic) bond motifs is 1. The van der Waals surface area contributed by atoms with Gasteiger partial charge in [0.05, 0.1) is 18.8 Å². The second-order valence-corrected chi connectivity index (χ2v) is 2.75. The molecule has 1 heterocycles. The topological polar surface area (TPSA) is 55.0 Å². The highest BCUT2D eigenvalue weighted by molar-refractivity contribution is 5.76. The third-order valence-electron chi connectivity index (χ3n) is 1.85. The van der Waals surface area contributed by atoms with Crippen LogP contribution in [0.15, 0.2) is 23.1 Å². The van der Waals surface area contributed by atoms with Crippen molar-refractivity contribution >= 4 is 11.0 Å². The van der Waals surface area contributed by atoms with Gasteiger partial charge in [0.2, 0.25) is 0 Å². The number of hydrogen-bond donors (Lipinski definition) is 1. The Labute approximate surface area is 78.4 Å². The van der Waals surface area contributed by atoms with Crippen LogP contribution in [0.3, 0.4) is 0 Å². The molecule has 72 valence electrons. The minimum Gasteiger partial charge on any atom is -0.497 e. The smallest absolute Gasteiger partial charge is 0.266 e. The number of hydrogen-bond acceptors (Lipinski definition) is 3. The van der Waals surface area contributed by atoms with Crippen LogP contribution in [0.5, 0.6) is 5.75 Å². The third kappa shape index (κ3) is 1.32. The van der Waals surface area contributed by atoms with Gasteiger partial charge in [0.15, 0.2) is 5.82 Å². The maximum absolute atomic E-state index is 13.3. The van der Waals surface area contributed by atoms with Crippen molar-refractivity contribution in [3.8, 4) is 5.75 Å². The van der Waals surface area contributed by atoms with Crippen molar-refractivity contribution in [1.82, 2.24) is 9.97 Å². The van der Waals surface area contributed by atoms with Crippen LogP contribution in [0.2, 0.25) is 0 Å². The Balaban J connectivity index is 2.83. The van der Waals surface area contributed by atoms with E-state index in [1.807, 2.05) is 0 Å². The Hall–Kier alpha value is -1.91. The van der Waals surface area contributed by atoms with Crippen molar-refractivity contribution in [2.24, 2.45) is 0 Å². The van der Waals surface area contributed by atoms with Crippen LogP contribution in [0.4, 0.5) is 4.39 Å². The zero-order valence-corrected chi connectivity index (χ0v) is 7.37. The molecular formula is C9H7FN2O2. The summed E-state index contributed by atoms with van der Waals surface area (Å²) in [7, 11) is 1.44. The van der Waals surface area contributed by atoms with E-state index in [2.05, 4.69) is 9.97 Å². The first-order valence-electron chi connectivity index (χ1n) is 3.93. The van der Waals surface area contributed by atoms with E-state index in [4.69, 9.17) is 4.74 Å².